The van der Waals surface area contributed by atoms with Gasteiger partial charge in [0.1, 0.15) is 21.7 Å². The number of aromatic amines is 1. The lowest BCUT2D eigenvalue weighted by atomic mass is 10.1. The zero-order valence-corrected chi connectivity index (χ0v) is 16.8. The summed E-state index contributed by atoms with van der Waals surface area (Å²) in [5.41, 5.74) is -3.13. The maximum Gasteiger partial charge on any atom is 0.416 e. The highest BCUT2D eigenvalue weighted by atomic mass is 35.5. The molecule has 0 bridgehead atoms. The molecule has 0 saturated carbocycles. The highest BCUT2D eigenvalue weighted by Crippen LogP contribution is 2.47. The molecule has 1 aromatic carbocycles. The van der Waals surface area contributed by atoms with Crippen LogP contribution in [0.4, 0.5) is 17.6 Å². The Balaban J connectivity index is 2.94. The first-order chi connectivity index (χ1) is 12.1. The van der Waals surface area contributed by atoms with E-state index < -0.39 is 62.4 Å². The van der Waals surface area contributed by atoms with Crippen molar-refractivity contribution in [1.29, 1.82) is 5.26 Å². The van der Waals surface area contributed by atoms with Gasteiger partial charge in [-0.05, 0) is 35.3 Å². The lowest BCUT2D eigenvalue weighted by Gasteiger charge is -2.15. The molecule has 0 atom stereocenters. The van der Waals surface area contributed by atoms with Crippen LogP contribution in [0.3, 0.4) is 0 Å². The van der Waals surface area contributed by atoms with E-state index in [9.17, 15) is 26.0 Å². The lowest BCUT2D eigenvalue weighted by molar-refractivity contribution is -0.137. The molecule has 1 N–H and O–H groups in total. The van der Waals surface area contributed by atoms with Crippen molar-refractivity contribution in [3.05, 3.63) is 38.5 Å². The minimum atomic E-state index is -5.26. The van der Waals surface area contributed by atoms with Gasteiger partial charge in [-0.3, -0.25) is 0 Å². The third kappa shape index (κ3) is 3.97. The predicted octanol–water partition coefficient (Wildman–Crippen LogP) is 6.36. The molecule has 0 fully saturated rings. The van der Waals surface area contributed by atoms with Crippen molar-refractivity contribution in [1.82, 2.24) is 4.98 Å². The number of sulfone groups is 1. The molecule has 0 aliphatic carbocycles. The number of aromatic nitrogens is 1. The molecule has 1 aromatic heterocycles. The highest BCUT2D eigenvalue weighted by molar-refractivity contribution is 7.95. The Morgan fingerprint density at radius 2 is 1.52 bits per heavy atom. The minimum Gasteiger partial charge on any atom is -0.343 e. The highest BCUT2D eigenvalue weighted by Gasteiger charge is 2.46. The Morgan fingerprint density at radius 3 is 1.89 bits per heavy atom. The summed E-state index contributed by atoms with van der Waals surface area (Å²) < 4.78 is 73.3. The molecule has 0 spiro atoms. The third-order valence-electron chi connectivity index (χ3n) is 3.21. The number of nitriles is 1. The van der Waals surface area contributed by atoms with Gasteiger partial charge in [-0.1, -0.05) is 34.8 Å². The van der Waals surface area contributed by atoms with Crippen molar-refractivity contribution in [2.75, 3.05) is 0 Å². The van der Waals surface area contributed by atoms with Crippen LogP contribution in [0.5, 0.6) is 0 Å². The van der Waals surface area contributed by atoms with Crippen LogP contribution in [-0.4, -0.2) is 17.3 Å². The largest absolute Gasteiger partial charge is 0.416 e. The number of rotatable bonds is 3. The molecular formula is C13H3Cl5F4N2O2S. The van der Waals surface area contributed by atoms with E-state index in [0.717, 1.165) is 0 Å². The zero-order valence-electron chi connectivity index (χ0n) is 12.2. The summed E-state index contributed by atoms with van der Waals surface area (Å²) in [6.45, 7) is 0. The Bertz CT molecular complexity index is 1050. The average molecular weight is 505 g/mol. The van der Waals surface area contributed by atoms with E-state index in [4.69, 9.17) is 63.3 Å². The topological polar surface area (TPSA) is 73.7 Å². The Morgan fingerprint density at radius 1 is 1.04 bits per heavy atom. The maximum atomic E-state index is 13.9. The second-order valence-corrected chi connectivity index (χ2v) is 9.75. The minimum absolute atomic E-state index is 0.462. The van der Waals surface area contributed by atoms with Crippen LogP contribution >= 0.6 is 58.0 Å². The quantitative estimate of drug-likeness (QED) is 0.390. The number of H-pyrrole nitrogens is 1. The van der Waals surface area contributed by atoms with Crippen molar-refractivity contribution in [2.24, 2.45) is 0 Å². The molecule has 0 aliphatic heterocycles. The first-order valence-corrected chi connectivity index (χ1v) is 9.69. The number of alkyl halides is 6. The zero-order chi connectivity index (χ0) is 20.9. The molecule has 0 radical (unpaired) electrons. The van der Waals surface area contributed by atoms with E-state index in [2.05, 4.69) is 4.98 Å². The van der Waals surface area contributed by atoms with Crippen molar-refractivity contribution in [2.45, 2.75) is 15.0 Å². The van der Waals surface area contributed by atoms with Gasteiger partial charge in [0.25, 0.3) is 0 Å². The van der Waals surface area contributed by atoms with E-state index in [1.54, 1.807) is 0 Å². The standard InChI is InChI=1S/C13H3Cl5F4N2O2S/c14-6-1-4(12(19,20)21)2-7(15)8(6)9-10(5(3-23)11(16)24-9)27(25,26)13(17,18)22/h1-2,24H. The van der Waals surface area contributed by atoms with Crippen LogP contribution in [0.2, 0.25) is 15.2 Å². The number of hydrogen-bond acceptors (Lipinski definition) is 3. The number of benzene rings is 1. The molecule has 146 valence electrons. The number of nitrogens with zero attached hydrogens (tertiary/aromatic N) is 1. The van der Waals surface area contributed by atoms with Gasteiger partial charge < -0.3 is 4.98 Å². The lowest BCUT2D eigenvalue weighted by Crippen LogP contribution is -2.22. The number of nitrogens with one attached hydrogen (secondary N) is 1. The fourth-order valence-electron chi connectivity index (χ4n) is 2.09. The van der Waals surface area contributed by atoms with Crippen molar-refractivity contribution in [3.63, 3.8) is 0 Å². The summed E-state index contributed by atoms with van der Waals surface area (Å²) in [4.78, 5) is 1.12. The molecule has 4 nitrogen and oxygen atoms in total. The van der Waals surface area contributed by atoms with Crippen molar-refractivity contribution in [3.8, 4) is 17.3 Å². The fraction of sp³-hybridized carbons (Fsp3) is 0.154. The normalized spacial score (nSPS) is 12.9. The van der Waals surface area contributed by atoms with Crippen LogP contribution in [0.15, 0.2) is 17.0 Å². The molecule has 0 aliphatic rings. The molecule has 2 aromatic rings. The van der Waals surface area contributed by atoms with Crippen LogP contribution in [-0.2, 0) is 16.0 Å². The monoisotopic (exact) mass is 502 g/mol. The maximum absolute atomic E-state index is 13.9. The average Bonchev–Trinajstić information content (AvgIpc) is 2.81. The van der Waals surface area contributed by atoms with Crippen molar-refractivity contribution < 1.29 is 26.0 Å². The molecule has 0 amide bonds. The number of hydrogen-bond donors (Lipinski definition) is 1. The fourth-order valence-corrected chi connectivity index (χ4v) is 4.59. The van der Waals surface area contributed by atoms with Gasteiger partial charge in [0.2, 0.25) is 9.84 Å². The van der Waals surface area contributed by atoms with Crippen LogP contribution in [0.1, 0.15) is 11.1 Å². The summed E-state index contributed by atoms with van der Waals surface area (Å²) in [5.74, 6) is 0. The van der Waals surface area contributed by atoms with Crippen LogP contribution in [0.25, 0.3) is 11.3 Å². The Kier molecular flexibility index (Phi) is 5.95. The van der Waals surface area contributed by atoms with E-state index in [1.807, 2.05) is 0 Å². The first-order valence-electron chi connectivity index (χ1n) is 6.32. The van der Waals surface area contributed by atoms with E-state index in [1.165, 1.54) is 6.07 Å². The molecule has 27 heavy (non-hydrogen) atoms. The van der Waals surface area contributed by atoms with Gasteiger partial charge in [0.05, 0.1) is 21.3 Å². The molecular weight excluding hydrogens is 501 g/mol. The van der Waals surface area contributed by atoms with Gasteiger partial charge in [0, 0.05) is 5.56 Å². The van der Waals surface area contributed by atoms with E-state index in [-0.39, 0.29) is 0 Å². The van der Waals surface area contributed by atoms with Crippen molar-refractivity contribution >= 4 is 67.8 Å². The van der Waals surface area contributed by atoms with Gasteiger partial charge in [-0.2, -0.15) is 22.8 Å². The first kappa shape index (κ1) is 22.4. The molecule has 0 saturated heterocycles. The van der Waals surface area contributed by atoms with E-state index >= 15 is 0 Å². The van der Waals surface area contributed by atoms with Gasteiger partial charge in [-0.15, -0.1) is 0 Å². The summed E-state index contributed by atoms with van der Waals surface area (Å²) >= 11 is 27.5. The summed E-state index contributed by atoms with van der Waals surface area (Å²) in [6.07, 6.45) is -4.80. The Labute approximate surface area is 174 Å². The summed E-state index contributed by atoms with van der Waals surface area (Å²) in [5, 5.41) is 7.26. The van der Waals surface area contributed by atoms with Gasteiger partial charge >= 0.3 is 10.1 Å². The molecule has 0 unspecified atom stereocenters. The van der Waals surface area contributed by atoms with Gasteiger partial charge in [0.15, 0.2) is 0 Å². The predicted molar refractivity (Wildman–Crippen MR) is 93.7 cm³/mol. The molecule has 1 heterocycles. The molecule has 2 rings (SSSR count). The summed E-state index contributed by atoms with van der Waals surface area (Å²) in [7, 11) is -5.26. The van der Waals surface area contributed by atoms with E-state index in [0.29, 0.717) is 12.1 Å². The van der Waals surface area contributed by atoms with Gasteiger partial charge in [-0.25, -0.2) is 8.42 Å². The van der Waals surface area contributed by atoms with Crippen LogP contribution in [0, 0.1) is 11.3 Å². The smallest absolute Gasteiger partial charge is 0.343 e. The SMILES string of the molecule is N#Cc1c(Cl)[nH]c(-c2c(Cl)cc(C(F)(F)F)cc2Cl)c1S(=O)(=O)C(F)(Cl)Cl. The number of halogens is 9. The second kappa shape index (κ2) is 7.17. The second-order valence-electron chi connectivity index (χ2n) is 4.89. The summed E-state index contributed by atoms with van der Waals surface area (Å²) in [6, 6.07) is 2.34. The van der Waals surface area contributed by atoms with Crippen LogP contribution < -0.4 is 0 Å². The third-order valence-corrected chi connectivity index (χ3v) is 6.87. The molecule has 14 heteroatoms. The Hall–Kier alpha value is -0.890.